The summed E-state index contributed by atoms with van der Waals surface area (Å²) in [6.45, 7) is 3.75. The molecular formula is C15H15ClN2O3. The van der Waals surface area contributed by atoms with Crippen molar-refractivity contribution in [1.29, 1.82) is 0 Å². The van der Waals surface area contributed by atoms with Crippen molar-refractivity contribution in [2.45, 2.75) is 20.0 Å². The summed E-state index contributed by atoms with van der Waals surface area (Å²) >= 11 is 6.04. The van der Waals surface area contributed by atoms with E-state index in [1.54, 1.807) is 30.3 Å². The fourth-order valence-electron chi connectivity index (χ4n) is 1.54. The van der Waals surface area contributed by atoms with Gasteiger partial charge in [0.2, 0.25) is 5.88 Å². The molecule has 0 fully saturated rings. The van der Waals surface area contributed by atoms with E-state index < -0.39 is 6.09 Å². The lowest BCUT2D eigenvalue weighted by atomic mass is 10.3. The molecule has 1 N–H and O–H groups in total. The van der Waals surface area contributed by atoms with E-state index in [1.165, 1.54) is 6.20 Å². The molecule has 2 aromatic rings. The van der Waals surface area contributed by atoms with Crippen LogP contribution in [0.1, 0.15) is 13.8 Å². The second-order valence-corrected chi connectivity index (χ2v) is 4.91. The minimum Gasteiger partial charge on any atom is -0.474 e. The maximum atomic E-state index is 11.7. The van der Waals surface area contributed by atoms with Gasteiger partial charge in [-0.1, -0.05) is 29.8 Å². The van der Waals surface area contributed by atoms with Crippen molar-refractivity contribution in [3.63, 3.8) is 0 Å². The number of anilines is 1. The topological polar surface area (TPSA) is 60.5 Å². The van der Waals surface area contributed by atoms with Crippen LogP contribution >= 0.6 is 11.6 Å². The zero-order valence-corrected chi connectivity index (χ0v) is 12.4. The summed E-state index contributed by atoms with van der Waals surface area (Å²) in [5.74, 6) is 0.780. The molecule has 6 heteroatoms. The van der Waals surface area contributed by atoms with Crippen molar-refractivity contribution in [1.82, 2.24) is 4.98 Å². The Labute approximate surface area is 127 Å². The van der Waals surface area contributed by atoms with E-state index in [1.807, 2.05) is 19.9 Å². The summed E-state index contributed by atoms with van der Waals surface area (Å²) in [6.07, 6.45) is 0.809. The first kappa shape index (κ1) is 15.1. The number of aromatic nitrogens is 1. The Bertz CT molecular complexity index is 618. The van der Waals surface area contributed by atoms with Gasteiger partial charge in [-0.15, -0.1) is 0 Å². The Hall–Kier alpha value is -2.27. The van der Waals surface area contributed by atoms with Crippen molar-refractivity contribution in [3.05, 3.63) is 47.6 Å². The maximum Gasteiger partial charge on any atom is 0.417 e. The molecule has 21 heavy (non-hydrogen) atoms. The highest BCUT2D eigenvalue weighted by molar-refractivity contribution is 6.32. The highest BCUT2D eigenvalue weighted by Gasteiger charge is 2.10. The molecule has 0 atom stereocenters. The Morgan fingerprint density at radius 1 is 1.29 bits per heavy atom. The van der Waals surface area contributed by atoms with Gasteiger partial charge in [0.25, 0.3) is 0 Å². The molecule has 0 unspecified atom stereocenters. The van der Waals surface area contributed by atoms with Crippen LogP contribution < -0.4 is 14.8 Å². The number of para-hydroxylation sites is 1. The molecule has 0 saturated heterocycles. The molecule has 0 bridgehead atoms. The van der Waals surface area contributed by atoms with Crippen molar-refractivity contribution >= 4 is 23.4 Å². The molecule has 5 nitrogen and oxygen atoms in total. The number of hydrogen-bond acceptors (Lipinski definition) is 4. The predicted octanol–water partition coefficient (Wildman–Crippen LogP) is 4.13. The number of benzene rings is 1. The fraction of sp³-hybridized carbons (Fsp3) is 0.200. The van der Waals surface area contributed by atoms with Gasteiger partial charge in [-0.05, 0) is 32.0 Å². The van der Waals surface area contributed by atoms with Crippen LogP contribution in [0.3, 0.4) is 0 Å². The lowest BCUT2D eigenvalue weighted by molar-refractivity contribution is 0.215. The van der Waals surface area contributed by atoms with Crippen LogP contribution in [0.2, 0.25) is 5.02 Å². The lowest BCUT2D eigenvalue weighted by Gasteiger charge is -2.11. The summed E-state index contributed by atoms with van der Waals surface area (Å²) in [5.41, 5.74) is 0.428. The molecular weight excluding hydrogens is 292 g/mol. The van der Waals surface area contributed by atoms with Gasteiger partial charge in [-0.3, -0.25) is 5.32 Å². The molecule has 1 amide bonds. The Balaban J connectivity index is 1.99. The Morgan fingerprint density at radius 2 is 2.00 bits per heavy atom. The summed E-state index contributed by atoms with van der Waals surface area (Å²) in [5, 5.41) is 2.87. The second kappa shape index (κ2) is 6.95. The molecule has 1 aromatic heterocycles. The van der Waals surface area contributed by atoms with Gasteiger partial charge in [0.05, 0.1) is 18.0 Å². The molecule has 1 heterocycles. The highest BCUT2D eigenvalue weighted by atomic mass is 35.5. The van der Waals surface area contributed by atoms with Crippen LogP contribution in [0.4, 0.5) is 10.5 Å². The van der Waals surface area contributed by atoms with Gasteiger partial charge in [-0.2, -0.15) is 0 Å². The van der Waals surface area contributed by atoms with E-state index in [4.69, 9.17) is 21.1 Å². The number of carbonyl (C=O) groups excluding carboxylic acids is 1. The molecule has 2 rings (SSSR count). The molecule has 0 aliphatic rings. The van der Waals surface area contributed by atoms with Gasteiger partial charge < -0.3 is 9.47 Å². The van der Waals surface area contributed by atoms with E-state index >= 15 is 0 Å². The van der Waals surface area contributed by atoms with Gasteiger partial charge >= 0.3 is 6.09 Å². The largest absolute Gasteiger partial charge is 0.474 e. The lowest BCUT2D eigenvalue weighted by Crippen LogP contribution is -2.17. The van der Waals surface area contributed by atoms with E-state index in [0.29, 0.717) is 22.3 Å². The number of pyridine rings is 1. The predicted molar refractivity (Wildman–Crippen MR) is 81.1 cm³/mol. The van der Waals surface area contributed by atoms with Crippen molar-refractivity contribution in [2.75, 3.05) is 5.32 Å². The molecule has 110 valence electrons. The summed E-state index contributed by atoms with van der Waals surface area (Å²) in [6, 6.07) is 10.3. The van der Waals surface area contributed by atoms with Crippen LogP contribution in [0.15, 0.2) is 42.6 Å². The van der Waals surface area contributed by atoms with Crippen LogP contribution in [-0.2, 0) is 0 Å². The van der Waals surface area contributed by atoms with Gasteiger partial charge in [0, 0.05) is 0 Å². The number of ether oxygens (including phenoxy) is 2. The molecule has 0 radical (unpaired) electrons. The van der Waals surface area contributed by atoms with E-state index in [-0.39, 0.29) is 6.10 Å². The summed E-state index contributed by atoms with van der Waals surface area (Å²) in [4.78, 5) is 15.8. The monoisotopic (exact) mass is 306 g/mol. The third kappa shape index (κ3) is 4.65. The average molecular weight is 307 g/mol. The molecule has 0 aliphatic heterocycles. The van der Waals surface area contributed by atoms with E-state index in [9.17, 15) is 4.79 Å². The van der Waals surface area contributed by atoms with Crippen molar-refractivity contribution in [2.24, 2.45) is 0 Å². The number of rotatable bonds is 4. The smallest absolute Gasteiger partial charge is 0.417 e. The maximum absolute atomic E-state index is 11.7. The summed E-state index contributed by atoms with van der Waals surface area (Å²) < 4.78 is 10.5. The van der Waals surface area contributed by atoms with Crippen LogP contribution in [0.5, 0.6) is 11.6 Å². The zero-order valence-electron chi connectivity index (χ0n) is 11.7. The minimum atomic E-state index is -0.614. The van der Waals surface area contributed by atoms with Gasteiger partial charge in [0.15, 0.2) is 0 Å². The van der Waals surface area contributed by atoms with Crippen molar-refractivity contribution in [3.8, 4) is 11.6 Å². The quantitative estimate of drug-likeness (QED) is 0.922. The highest BCUT2D eigenvalue weighted by Crippen LogP contribution is 2.25. The number of nitrogens with zero attached hydrogens (tertiary/aromatic N) is 1. The Morgan fingerprint density at radius 3 is 2.62 bits per heavy atom. The SMILES string of the molecule is CC(C)Oc1ncc(NC(=O)Oc2ccccc2)cc1Cl. The first-order valence-electron chi connectivity index (χ1n) is 6.40. The standard InChI is InChI=1S/C15H15ClN2O3/c1-10(2)20-14-13(16)8-11(9-17-14)18-15(19)21-12-6-4-3-5-7-12/h3-10H,1-2H3,(H,18,19). The average Bonchev–Trinajstić information content (AvgIpc) is 2.42. The molecule has 0 spiro atoms. The normalized spacial score (nSPS) is 10.3. The molecule has 1 aromatic carbocycles. The van der Waals surface area contributed by atoms with Crippen LogP contribution in [-0.4, -0.2) is 17.2 Å². The Kier molecular flexibility index (Phi) is 5.00. The van der Waals surface area contributed by atoms with Gasteiger partial charge in [-0.25, -0.2) is 9.78 Å². The van der Waals surface area contributed by atoms with E-state index in [0.717, 1.165) is 0 Å². The number of carbonyl (C=O) groups is 1. The number of nitrogens with one attached hydrogen (secondary N) is 1. The van der Waals surface area contributed by atoms with Crippen molar-refractivity contribution < 1.29 is 14.3 Å². The minimum absolute atomic E-state index is 0.0307. The number of hydrogen-bond donors (Lipinski definition) is 1. The van der Waals surface area contributed by atoms with Gasteiger partial charge in [0.1, 0.15) is 10.8 Å². The van der Waals surface area contributed by atoms with Crippen LogP contribution in [0.25, 0.3) is 0 Å². The third-order valence-corrected chi connectivity index (χ3v) is 2.63. The number of amides is 1. The first-order valence-corrected chi connectivity index (χ1v) is 6.78. The first-order chi connectivity index (χ1) is 10.0. The number of halogens is 1. The summed E-state index contributed by atoms with van der Waals surface area (Å²) in [7, 11) is 0. The zero-order chi connectivity index (χ0) is 15.2. The second-order valence-electron chi connectivity index (χ2n) is 4.51. The molecule has 0 aliphatic carbocycles. The fourth-order valence-corrected chi connectivity index (χ4v) is 1.75. The van der Waals surface area contributed by atoms with E-state index in [2.05, 4.69) is 10.3 Å². The molecule has 0 saturated carbocycles. The third-order valence-electron chi connectivity index (χ3n) is 2.35. The van der Waals surface area contributed by atoms with Crippen LogP contribution in [0, 0.1) is 0 Å².